The van der Waals surface area contributed by atoms with E-state index in [0.29, 0.717) is 23.1 Å². The molecule has 1 aromatic carbocycles. The molecular formula is C20H22N4O3S. The molecule has 0 saturated heterocycles. The molecular weight excluding hydrogens is 376 g/mol. The summed E-state index contributed by atoms with van der Waals surface area (Å²) in [6, 6.07) is 7.24. The molecule has 0 bridgehead atoms. The van der Waals surface area contributed by atoms with E-state index in [1.807, 2.05) is 43.0 Å². The van der Waals surface area contributed by atoms with Gasteiger partial charge in [0.2, 0.25) is 0 Å². The van der Waals surface area contributed by atoms with E-state index in [-0.39, 0.29) is 5.91 Å². The average molecular weight is 398 g/mol. The minimum atomic E-state index is -0.609. The van der Waals surface area contributed by atoms with Crippen LogP contribution in [-0.2, 0) is 24.7 Å². The highest BCUT2D eigenvalue weighted by molar-refractivity contribution is 7.16. The lowest BCUT2D eigenvalue weighted by Gasteiger charge is -2.16. The summed E-state index contributed by atoms with van der Waals surface area (Å²) in [6.07, 6.45) is 3.63. The standard InChI is InChI=1S/C20H22N4O3S/c1-4-16(27-13-7-5-6-12(10-13)26-3)19(25)23-20-22-18-14-11-21-24(2)15(14)8-9-17(18)28-20/h5-7,10-11,16H,4,8-9H2,1-3H3,(H,22,23,25). The van der Waals surface area contributed by atoms with Gasteiger partial charge in [-0.1, -0.05) is 13.0 Å². The van der Waals surface area contributed by atoms with Crippen molar-refractivity contribution in [2.75, 3.05) is 12.4 Å². The molecule has 146 valence electrons. The van der Waals surface area contributed by atoms with Crippen molar-refractivity contribution in [2.24, 2.45) is 7.05 Å². The van der Waals surface area contributed by atoms with Crippen LogP contribution in [-0.4, -0.2) is 33.9 Å². The van der Waals surface area contributed by atoms with Crippen LogP contribution in [0.15, 0.2) is 30.5 Å². The number of anilines is 1. The minimum absolute atomic E-state index is 0.206. The van der Waals surface area contributed by atoms with Crippen LogP contribution >= 0.6 is 11.3 Å². The molecule has 1 aliphatic rings. The van der Waals surface area contributed by atoms with Gasteiger partial charge in [0.15, 0.2) is 11.2 Å². The van der Waals surface area contributed by atoms with Crippen LogP contribution in [0.3, 0.4) is 0 Å². The zero-order chi connectivity index (χ0) is 19.7. The Morgan fingerprint density at radius 3 is 2.96 bits per heavy atom. The Morgan fingerprint density at radius 2 is 2.18 bits per heavy atom. The summed E-state index contributed by atoms with van der Waals surface area (Å²) in [7, 11) is 3.54. The normalized spacial score (nSPS) is 13.4. The highest BCUT2D eigenvalue weighted by Gasteiger charge is 2.26. The van der Waals surface area contributed by atoms with Gasteiger partial charge < -0.3 is 9.47 Å². The topological polar surface area (TPSA) is 78.3 Å². The first kappa shape index (κ1) is 18.5. The van der Waals surface area contributed by atoms with Crippen LogP contribution in [0.25, 0.3) is 11.3 Å². The summed E-state index contributed by atoms with van der Waals surface area (Å²) in [5, 5.41) is 7.85. The first-order valence-corrected chi connectivity index (χ1v) is 10.0. The Morgan fingerprint density at radius 1 is 1.36 bits per heavy atom. The molecule has 0 aliphatic heterocycles. The number of methoxy groups -OCH3 is 1. The first-order valence-electron chi connectivity index (χ1n) is 9.21. The average Bonchev–Trinajstić information content (AvgIpc) is 3.29. The lowest BCUT2D eigenvalue weighted by atomic mass is 10.0. The maximum atomic E-state index is 12.7. The van der Waals surface area contributed by atoms with Gasteiger partial charge in [0.25, 0.3) is 5.91 Å². The molecule has 3 aromatic rings. The molecule has 0 saturated carbocycles. The molecule has 7 nitrogen and oxygen atoms in total. The number of hydrogen-bond acceptors (Lipinski definition) is 6. The van der Waals surface area contributed by atoms with Crippen LogP contribution in [0.2, 0.25) is 0 Å². The van der Waals surface area contributed by atoms with Gasteiger partial charge in [0.05, 0.1) is 19.0 Å². The highest BCUT2D eigenvalue weighted by Crippen LogP contribution is 2.37. The van der Waals surface area contributed by atoms with Crippen molar-refractivity contribution in [3.05, 3.63) is 41.0 Å². The minimum Gasteiger partial charge on any atom is -0.497 e. The number of nitrogens with one attached hydrogen (secondary N) is 1. The maximum Gasteiger partial charge on any atom is 0.267 e. The van der Waals surface area contributed by atoms with Crippen molar-refractivity contribution in [2.45, 2.75) is 32.3 Å². The number of benzene rings is 1. The van der Waals surface area contributed by atoms with Gasteiger partial charge in [-0.2, -0.15) is 5.10 Å². The predicted molar refractivity (Wildman–Crippen MR) is 108 cm³/mol. The maximum absolute atomic E-state index is 12.7. The molecule has 0 fully saturated rings. The van der Waals surface area contributed by atoms with E-state index in [1.165, 1.54) is 21.9 Å². The number of thiazole rings is 1. The Kier molecular flexibility index (Phi) is 5.04. The van der Waals surface area contributed by atoms with Gasteiger partial charge >= 0.3 is 0 Å². The fourth-order valence-electron chi connectivity index (χ4n) is 3.32. The number of amides is 1. The Hall–Kier alpha value is -2.87. The van der Waals surface area contributed by atoms with E-state index >= 15 is 0 Å². The molecule has 0 radical (unpaired) electrons. The summed E-state index contributed by atoms with van der Waals surface area (Å²) in [4.78, 5) is 18.6. The van der Waals surface area contributed by atoms with Gasteiger partial charge in [-0.3, -0.25) is 14.8 Å². The summed E-state index contributed by atoms with van der Waals surface area (Å²) in [6.45, 7) is 1.92. The number of carbonyl (C=O) groups is 1. The second-order valence-electron chi connectivity index (χ2n) is 6.60. The number of fused-ring (bicyclic) bond motifs is 3. The van der Waals surface area contributed by atoms with E-state index in [9.17, 15) is 4.79 Å². The Bertz CT molecular complexity index is 1010. The van der Waals surface area contributed by atoms with E-state index < -0.39 is 6.10 Å². The number of aryl methyl sites for hydroxylation is 2. The largest absolute Gasteiger partial charge is 0.497 e. The van der Waals surface area contributed by atoms with E-state index in [0.717, 1.165) is 24.1 Å². The Labute approximate surface area is 167 Å². The molecule has 1 amide bonds. The van der Waals surface area contributed by atoms with Crippen molar-refractivity contribution in [1.29, 1.82) is 0 Å². The third kappa shape index (κ3) is 3.47. The first-order chi connectivity index (χ1) is 13.6. The quantitative estimate of drug-likeness (QED) is 0.688. The predicted octanol–water partition coefficient (Wildman–Crippen LogP) is 3.45. The van der Waals surface area contributed by atoms with Crippen LogP contribution in [0, 0.1) is 0 Å². The molecule has 4 rings (SSSR count). The second kappa shape index (κ2) is 7.63. The number of carbonyl (C=O) groups excluding carboxylic acids is 1. The van der Waals surface area contributed by atoms with Gasteiger partial charge in [-0.05, 0) is 31.4 Å². The lowest BCUT2D eigenvalue weighted by Crippen LogP contribution is -2.32. The van der Waals surface area contributed by atoms with Gasteiger partial charge in [-0.25, -0.2) is 4.98 Å². The molecule has 2 aromatic heterocycles. The van der Waals surface area contributed by atoms with Crippen molar-refractivity contribution < 1.29 is 14.3 Å². The van der Waals surface area contributed by atoms with Gasteiger partial charge in [-0.15, -0.1) is 11.3 Å². The SMILES string of the molecule is CCC(Oc1cccc(OC)c1)C(=O)Nc1nc2c(s1)CCc1c-2cnn1C. The molecule has 1 atom stereocenters. The lowest BCUT2D eigenvalue weighted by molar-refractivity contribution is -0.122. The van der Waals surface area contributed by atoms with E-state index in [2.05, 4.69) is 15.4 Å². The van der Waals surface area contributed by atoms with Crippen LogP contribution < -0.4 is 14.8 Å². The van der Waals surface area contributed by atoms with Crippen LogP contribution in [0.5, 0.6) is 11.5 Å². The summed E-state index contributed by atoms with van der Waals surface area (Å²) in [5.74, 6) is 1.08. The third-order valence-electron chi connectivity index (χ3n) is 4.82. The summed E-state index contributed by atoms with van der Waals surface area (Å²) < 4.78 is 13.0. The van der Waals surface area contributed by atoms with Gasteiger partial charge in [0.1, 0.15) is 11.5 Å². The Balaban J connectivity index is 1.49. The molecule has 2 heterocycles. The second-order valence-corrected chi connectivity index (χ2v) is 7.69. The molecule has 1 unspecified atom stereocenters. The van der Waals surface area contributed by atoms with Crippen molar-refractivity contribution in [3.8, 4) is 22.8 Å². The fourth-order valence-corrected chi connectivity index (χ4v) is 4.30. The van der Waals surface area contributed by atoms with Gasteiger partial charge in [0, 0.05) is 29.2 Å². The third-order valence-corrected chi connectivity index (χ3v) is 5.85. The number of rotatable bonds is 6. The molecule has 8 heteroatoms. The van der Waals surface area contributed by atoms with E-state index in [4.69, 9.17) is 9.47 Å². The molecule has 1 aliphatic carbocycles. The van der Waals surface area contributed by atoms with Crippen molar-refractivity contribution in [3.63, 3.8) is 0 Å². The smallest absolute Gasteiger partial charge is 0.267 e. The number of aromatic nitrogens is 3. The van der Waals surface area contributed by atoms with Crippen molar-refractivity contribution >= 4 is 22.4 Å². The van der Waals surface area contributed by atoms with Crippen LogP contribution in [0.1, 0.15) is 23.9 Å². The zero-order valence-electron chi connectivity index (χ0n) is 16.1. The summed E-state index contributed by atoms with van der Waals surface area (Å²) in [5.41, 5.74) is 3.17. The molecule has 0 spiro atoms. The van der Waals surface area contributed by atoms with Crippen molar-refractivity contribution in [1.82, 2.24) is 14.8 Å². The molecule has 28 heavy (non-hydrogen) atoms. The number of ether oxygens (including phenoxy) is 2. The summed E-state index contributed by atoms with van der Waals surface area (Å²) >= 11 is 1.52. The zero-order valence-corrected chi connectivity index (χ0v) is 16.9. The van der Waals surface area contributed by atoms with Crippen LogP contribution in [0.4, 0.5) is 5.13 Å². The fraction of sp³-hybridized carbons (Fsp3) is 0.350. The van der Waals surface area contributed by atoms with E-state index in [1.54, 1.807) is 13.2 Å². The monoisotopic (exact) mass is 398 g/mol. The molecule has 1 N–H and O–H groups in total. The number of hydrogen-bond donors (Lipinski definition) is 1. The highest BCUT2D eigenvalue weighted by atomic mass is 32.1. The number of nitrogens with zero attached hydrogens (tertiary/aromatic N) is 3.